The maximum atomic E-state index is 11.0. The van der Waals surface area contributed by atoms with Gasteiger partial charge in [0.15, 0.2) is 0 Å². The fourth-order valence-electron chi connectivity index (χ4n) is 3.43. The number of aromatic carboxylic acids is 1. The van der Waals surface area contributed by atoms with Crippen molar-refractivity contribution in [2.24, 2.45) is 0 Å². The zero-order valence-corrected chi connectivity index (χ0v) is 13.2. The van der Waals surface area contributed by atoms with Gasteiger partial charge in [-0.2, -0.15) is 0 Å². The first kappa shape index (κ1) is 15.8. The summed E-state index contributed by atoms with van der Waals surface area (Å²) in [5.41, 5.74) is 2.85. The molecule has 0 atom stereocenters. The molecule has 3 heteroatoms. The Bertz CT molecular complexity index is 646. The van der Waals surface area contributed by atoms with E-state index in [2.05, 4.69) is 35.6 Å². The Hall–Kier alpha value is -2.13. The van der Waals surface area contributed by atoms with Crippen LogP contribution in [0.3, 0.4) is 0 Å². The normalized spacial score (nSPS) is 21.0. The van der Waals surface area contributed by atoms with Crippen molar-refractivity contribution in [1.82, 2.24) is 5.32 Å². The fourth-order valence-corrected chi connectivity index (χ4v) is 3.43. The van der Waals surface area contributed by atoms with Crippen molar-refractivity contribution >= 4 is 5.97 Å². The van der Waals surface area contributed by atoms with Crippen LogP contribution < -0.4 is 5.32 Å². The first-order chi connectivity index (χ1) is 11.2. The molecule has 2 aromatic carbocycles. The van der Waals surface area contributed by atoms with Crippen molar-refractivity contribution in [2.75, 3.05) is 0 Å². The number of carboxylic acids is 1. The lowest BCUT2D eigenvalue weighted by atomic mass is 9.82. The summed E-state index contributed by atoms with van der Waals surface area (Å²) in [6.45, 7) is 0.738. The van der Waals surface area contributed by atoms with Gasteiger partial charge < -0.3 is 10.4 Å². The third kappa shape index (κ3) is 4.20. The van der Waals surface area contributed by atoms with Crippen LogP contribution in [-0.4, -0.2) is 17.1 Å². The van der Waals surface area contributed by atoms with Crippen molar-refractivity contribution in [3.63, 3.8) is 0 Å². The van der Waals surface area contributed by atoms with Gasteiger partial charge in [0.2, 0.25) is 0 Å². The van der Waals surface area contributed by atoms with Gasteiger partial charge in [-0.05, 0) is 54.9 Å². The number of hydrogen-bond acceptors (Lipinski definition) is 2. The summed E-state index contributed by atoms with van der Waals surface area (Å²) < 4.78 is 0. The second-order valence-electron chi connectivity index (χ2n) is 6.35. The first-order valence-corrected chi connectivity index (χ1v) is 8.33. The van der Waals surface area contributed by atoms with Gasteiger partial charge in [-0.1, -0.05) is 42.5 Å². The summed E-state index contributed by atoms with van der Waals surface area (Å²) in [5, 5.41) is 12.6. The average Bonchev–Trinajstić information content (AvgIpc) is 2.61. The summed E-state index contributed by atoms with van der Waals surface area (Å²) in [7, 11) is 0. The zero-order chi connectivity index (χ0) is 16.1. The molecular weight excluding hydrogens is 286 g/mol. The third-order valence-corrected chi connectivity index (χ3v) is 4.77. The molecule has 3 rings (SSSR count). The number of rotatable bonds is 5. The van der Waals surface area contributed by atoms with Gasteiger partial charge in [0.1, 0.15) is 0 Å². The smallest absolute Gasteiger partial charge is 0.335 e. The second kappa shape index (κ2) is 7.42. The van der Waals surface area contributed by atoms with Crippen LogP contribution in [-0.2, 0) is 6.54 Å². The van der Waals surface area contributed by atoms with Gasteiger partial charge in [0.05, 0.1) is 5.56 Å². The van der Waals surface area contributed by atoms with Crippen LogP contribution in [0.5, 0.6) is 0 Å². The number of carboxylic acid groups (broad SMARTS) is 1. The van der Waals surface area contributed by atoms with Gasteiger partial charge in [-0.25, -0.2) is 4.79 Å². The largest absolute Gasteiger partial charge is 0.478 e. The van der Waals surface area contributed by atoms with E-state index in [-0.39, 0.29) is 0 Å². The molecule has 0 aromatic heterocycles. The molecule has 0 aliphatic heterocycles. The molecule has 1 aliphatic rings. The number of benzene rings is 2. The summed E-state index contributed by atoms with van der Waals surface area (Å²) >= 11 is 0. The van der Waals surface area contributed by atoms with Crippen molar-refractivity contribution in [3.8, 4) is 0 Å². The molecular formula is C20H23NO2. The molecule has 0 radical (unpaired) electrons. The molecule has 0 saturated heterocycles. The second-order valence-corrected chi connectivity index (χ2v) is 6.35. The summed E-state index contributed by atoms with van der Waals surface area (Å²) in [5.74, 6) is -0.181. The molecule has 0 amide bonds. The Morgan fingerprint density at radius 1 is 1.00 bits per heavy atom. The Labute approximate surface area is 137 Å². The van der Waals surface area contributed by atoms with E-state index in [0.717, 1.165) is 12.1 Å². The van der Waals surface area contributed by atoms with Gasteiger partial charge in [-0.3, -0.25) is 0 Å². The zero-order valence-electron chi connectivity index (χ0n) is 13.2. The van der Waals surface area contributed by atoms with Gasteiger partial charge >= 0.3 is 5.97 Å². The minimum Gasteiger partial charge on any atom is -0.478 e. The molecule has 1 aliphatic carbocycles. The van der Waals surface area contributed by atoms with Crippen molar-refractivity contribution in [2.45, 2.75) is 44.2 Å². The third-order valence-electron chi connectivity index (χ3n) is 4.77. The lowest BCUT2D eigenvalue weighted by Gasteiger charge is -2.29. The highest BCUT2D eigenvalue weighted by molar-refractivity contribution is 5.87. The van der Waals surface area contributed by atoms with E-state index in [1.165, 1.54) is 31.2 Å². The standard InChI is InChI=1S/C20H23NO2/c22-20(23)18-8-4-5-15(13-18)14-21-19-11-9-17(10-12-19)16-6-2-1-3-7-16/h1-8,13,17,19,21H,9-12,14H2,(H,22,23). The highest BCUT2D eigenvalue weighted by atomic mass is 16.4. The molecule has 0 bridgehead atoms. The van der Waals surface area contributed by atoms with Crippen LogP contribution in [0, 0.1) is 0 Å². The van der Waals surface area contributed by atoms with Crippen LogP contribution >= 0.6 is 0 Å². The lowest BCUT2D eigenvalue weighted by Crippen LogP contribution is -2.32. The Kier molecular flexibility index (Phi) is 5.09. The highest BCUT2D eigenvalue weighted by Crippen LogP contribution is 2.32. The topological polar surface area (TPSA) is 49.3 Å². The van der Waals surface area contributed by atoms with E-state index in [0.29, 0.717) is 17.5 Å². The van der Waals surface area contributed by atoms with Crippen LogP contribution in [0.1, 0.15) is 53.1 Å². The Morgan fingerprint density at radius 2 is 1.74 bits per heavy atom. The van der Waals surface area contributed by atoms with Crippen molar-refractivity contribution < 1.29 is 9.90 Å². The van der Waals surface area contributed by atoms with E-state index in [1.54, 1.807) is 12.1 Å². The molecule has 23 heavy (non-hydrogen) atoms. The van der Waals surface area contributed by atoms with Crippen LogP contribution in [0.4, 0.5) is 0 Å². The minimum atomic E-state index is -0.866. The molecule has 1 saturated carbocycles. The quantitative estimate of drug-likeness (QED) is 0.870. The van der Waals surface area contributed by atoms with Gasteiger partial charge in [-0.15, -0.1) is 0 Å². The highest BCUT2D eigenvalue weighted by Gasteiger charge is 2.21. The molecule has 0 unspecified atom stereocenters. The van der Waals surface area contributed by atoms with Crippen LogP contribution in [0.25, 0.3) is 0 Å². The predicted octanol–water partition coefficient (Wildman–Crippen LogP) is 4.20. The summed E-state index contributed by atoms with van der Waals surface area (Å²) in [6, 6.07) is 18.5. The van der Waals surface area contributed by atoms with E-state index in [4.69, 9.17) is 5.11 Å². The van der Waals surface area contributed by atoms with E-state index < -0.39 is 5.97 Å². The molecule has 2 N–H and O–H groups in total. The van der Waals surface area contributed by atoms with E-state index in [1.807, 2.05) is 12.1 Å². The molecule has 120 valence electrons. The SMILES string of the molecule is O=C(O)c1cccc(CNC2CCC(c3ccccc3)CC2)c1. The lowest BCUT2D eigenvalue weighted by molar-refractivity contribution is 0.0696. The van der Waals surface area contributed by atoms with Gasteiger partial charge in [0.25, 0.3) is 0 Å². The molecule has 0 heterocycles. The number of nitrogens with one attached hydrogen (secondary N) is 1. The molecule has 0 spiro atoms. The first-order valence-electron chi connectivity index (χ1n) is 8.33. The maximum absolute atomic E-state index is 11.0. The Morgan fingerprint density at radius 3 is 2.43 bits per heavy atom. The minimum absolute atomic E-state index is 0.358. The van der Waals surface area contributed by atoms with E-state index >= 15 is 0 Å². The maximum Gasteiger partial charge on any atom is 0.335 e. The molecule has 1 fully saturated rings. The molecule has 2 aromatic rings. The average molecular weight is 309 g/mol. The van der Waals surface area contributed by atoms with Gasteiger partial charge in [0, 0.05) is 12.6 Å². The fraction of sp³-hybridized carbons (Fsp3) is 0.350. The predicted molar refractivity (Wildman–Crippen MR) is 91.7 cm³/mol. The Balaban J connectivity index is 1.49. The number of hydrogen-bond donors (Lipinski definition) is 2. The van der Waals surface area contributed by atoms with Crippen molar-refractivity contribution in [1.29, 1.82) is 0 Å². The van der Waals surface area contributed by atoms with Crippen LogP contribution in [0.15, 0.2) is 54.6 Å². The number of carbonyl (C=O) groups is 1. The summed E-state index contributed by atoms with van der Waals surface area (Å²) in [4.78, 5) is 11.0. The monoisotopic (exact) mass is 309 g/mol. The van der Waals surface area contributed by atoms with Crippen molar-refractivity contribution in [3.05, 3.63) is 71.3 Å². The summed E-state index contributed by atoms with van der Waals surface area (Å²) in [6.07, 6.45) is 4.80. The molecule has 3 nitrogen and oxygen atoms in total. The van der Waals surface area contributed by atoms with Crippen LogP contribution in [0.2, 0.25) is 0 Å². The van der Waals surface area contributed by atoms with E-state index in [9.17, 15) is 4.79 Å².